The van der Waals surface area contributed by atoms with Crippen LogP contribution in [0.4, 0.5) is 0 Å². The molecule has 0 aliphatic heterocycles. The van der Waals surface area contributed by atoms with Gasteiger partial charge in [-0.1, -0.05) is 78.3 Å². The van der Waals surface area contributed by atoms with E-state index >= 15 is 0 Å². The van der Waals surface area contributed by atoms with Gasteiger partial charge in [-0.15, -0.1) is 0 Å². The maximum Gasteiger partial charge on any atom is 0.232 e. The number of halogens is 1. The first-order valence-electron chi connectivity index (χ1n) is 10.7. The fourth-order valence-electron chi connectivity index (χ4n) is 3.84. The zero-order valence-electron chi connectivity index (χ0n) is 18.2. The Kier molecular flexibility index (Phi) is 7.40. The second-order valence-electron chi connectivity index (χ2n) is 7.77. The molecule has 0 fully saturated rings. The van der Waals surface area contributed by atoms with Crippen molar-refractivity contribution in [2.75, 3.05) is 6.54 Å². The number of carbonyl (C=O) groups excluding carboxylic acids is 1. The summed E-state index contributed by atoms with van der Waals surface area (Å²) in [6.45, 7) is -0.106. The van der Waals surface area contributed by atoms with E-state index in [-0.39, 0.29) is 17.3 Å². The average molecular weight is 491 g/mol. The molecule has 0 aliphatic carbocycles. The second kappa shape index (κ2) is 10.6. The first-order valence-corrected chi connectivity index (χ1v) is 12.7. The highest BCUT2D eigenvalue weighted by molar-refractivity contribution is 7.91. The number of carbonyl (C=O) groups is 1. The van der Waals surface area contributed by atoms with Gasteiger partial charge in [-0.3, -0.25) is 9.78 Å². The van der Waals surface area contributed by atoms with Gasteiger partial charge in [-0.2, -0.15) is 0 Å². The predicted molar refractivity (Wildman–Crippen MR) is 133 cm³/mol. The van der Waals surface area contributed by atoms with Crippen molar-refractivity contribution >= 4 is 27.3 Å². The molecule has 1 atom stereocenters. The standard InChI is InChI=1S/C27H23ClN2O3S/c28-23-13-15-24(16-14-23)34(32,33)25(22-12-7-17-29-18-22)19-30-27(31)26(20-8-3-1-4-9-20)21-10-5-2-6-11-21/h1-18,25-26H,19H2,(H,30,31)/t25-/m0/s1. The van der Waals surface area contributed by atoms with Crippen LogP contribution in [0.2, 0.25) is 5.02 Å². The number of nitrogens with zero attached hydrogens (tertiary/aromatic N) is 1. The Labute approximate surface area is 204 Å². The van der Waals surface area contributed by atoms with Gasteiger partial charge in [0.1, 0.15) is 5.25 Å². The second-order valence-corrected chi connectivity index (χ2v) is 10.3. The average Bonchev–Trinajstić information content (AvgIpc) is 2.86. The summed E-state index contributed by atoms with van der Waals surface area (Å²) in [5, 5.41) is 2.32. The topological polar surface area (TPSA) is 76.1 Å². The number of rotatable bonds is 8. The van der Waals surface area contributed by atoms with E-state index in [9.17, 15) is 13.2 Å². The van der Waals surface area contributed by atoms with Crippen molar-refractivity contribution in [1.29, 1.82) is 0 Å². The summed E-state index contributed by atoms with van der Waals surface area (Å²) in [5.41, 5.74) is 2.14. The first kappa shape index (κ1) is 23.7. The highest BCUT2D eigenvalue weighted by atomic mass is 35.5. The van der Waals surface area contributed by atoms with Crippen molar-refractivity contribution in [2.45, 2.75) is 16.1 Å². The molecule has 0 unspecified atom stereocenters. The number of aromatic nitrogens is 1. The number of amides is 1. The van der Waals surface area contributed by atoms with Gasteiger partial charge < -0.3 is 5.32 Å². The molecule has 172 valence electrons. The molecule has 0 radical (unpaired) electrons. The van der Waals surface area contributed by atoms with E-state index in [0.29, 0.717) is 10.6 Å². The van der Waals surface area contributed by atoms with Crippen molar-refractivity contribution in [2.24, 2.45) is 0 Å². The molecule has 0 spiro atoms. The maximum atomic E-state index is 13.5. The third kappa shape index (κ3) is 5.35. The molecule has 7 heteroatoms. The van der Waals surface area contributed by atoms with Crippen LogP contribution in [0.1, 0.15) is 27.9 Å². The molecule has 0 aliphatic rings. The van der Waals surface area contributed by atoms with Crippen LogP contribution in [-0.4, -0.2) is 25.9 Å². The van der Waals surface area contributed by atoms with Crippen LogP contribution in [-0.2, 0) is 14.6 Å². The van der Waals surface area contributed by atoms with Crippen LogP contribution in [0, 0.1) is 0 Å². The van der Waals surface area contributed by atoms with Gasteiger partial charge in [0.25, 0.3) is 0 Å². The maximum absolute atomic E-state index is 13.5. The number of sulfone groups is 1. The minimum Gasteiger partial charge on any atom is -0.354 e. The molecule has 5 nitrogen and oxygen atoms in total. The monoisotopic (exact) mass is 490 g/mol. The van der Waals surface area contributed by atoms with Crippen LogP contribution in [0.25, 0.3) is 0 Å². The molecule has 0 saturated carbocycles. The Morgan fingerprint density at radius 3 is 1.88 bits per heavy atom. The Balaban J connectivity index is 1.65. The highest BCUT2D eigenvalue weighted by Gasteiger charge is 2.31. The third-order valence-corrected chi connectivity index (χ3v) is 7.93. The summed E-state index contributed by atoms with van der Waals surface area (Å²) < 4.78 is 27.1. The van der Waals surface area contributed by atoms with E-state index in [1.54, 1.807) is 18.3 Å². The van der Waals surface area contributed by atoms with E-state index in [4.69, 9.17) is 11.6 Å². The van der Waals surface area contributed by atoms with Gasteiger partial charge in [0.15, 0.2) is 9.84 Å². The van der Waals surface area contributed by atoms with E-state index in [1.165, 1.54) is 30.5 Å². The van der Waals surface area contributed by atoms with Crippen LogP contribution in [0.5, 0.6) is 0 Å². The van der Waals surface area contributed by atoms with Crippen LogP contribution in [0.3, 0.4) is 0 Å². The SMILES string of the molecule is O=C(NC[C@@H](c1cccnc1)S(=O)(=O)c1ccc(Cl)cc1)C(c1ccccc1)c1ccccc1. The van der Waals surface area contributed by atoms with Crippen molar-refractivity contribution in [3.8, 4) is 0 Å². The van der Waals surface area contributed by atoms with Crippen molar-refractivity contribution in [1.82, 2.24) is 10.3 Å². The van der Waals surface area contributed by atoms with Gasteiger partial charge in [0.2, 0.25) is 5.91 Å². The lowest BCUT2D eigenvalue weighted by molar-refractivity contribution is -0.121. The molecule has 1 heterocycles. The molecular formula is C27H23ClN2O3S. The summed E-state index contributed by atoms with van der Waals surface area (Å²) in [5.74, 6) is -0.854. The zero-order valence-corrected chi connectivity index (χ0v) is 19.8. The highest BCUT2D eigenvalue weighted by Crippen LogP contribution is 2.30. The molecule has 1 aromatic heterocycles. The Bertz CT molecular complexity index is 1290. The van der Waals surface area contributed by atoms with E-state index < -0.39 is 21.0 Å². The minimum absolute atomic E-state index is 0.106. The summed E-state index contributed by atoms with van der Waals surface area (Å²) in [4.78, 5) is 17.7. The predicted octanol–water partition coefficient (Wildman–Crippen LogP) is 5.20. The largest absolute Gasteiger partial charge is 0.354 e. The van der Waals surface area contributed by atoms with Crippen molar-refractivity contribution in [3.05, 3.63) is 131 Å². The van der Waals surface area contributed by atoms with E-state index in [1.807, 2.05) is 60.7 Å². The lowest BCUT2D eigenvalue weighted by atomic mass is 9.90. The van der Waals surface area contributed by atoms with Crippen LogP contribution in [0.15, 0.2) is 114 Å². The van der Waals surface area contributed by atoms with Gasteiger partial charge in [-0.05, 0) is 47.0 Å². The summed E-state index contributed by atoms with van der Waals surface area (Å²) in [6, 6.07) is 28.2. The van der Waals surface area contributed by atoms with Gasteiger partial charge in [0, 0.05) is 24.0 Å². The Morgan fingerprint density at radius 1 is 0.794 bits per heavy atom. The van der Waals surface area contributed by atoms with Gasteiger partial charge in [-0.25, -0.2) is 8.42 Å². The quantitative estimate of drug-likeness (QED) is 0.368. The third-order valence-electron chi connectivity index (χ3n) is 5.56. The fourth-order valence-corrected chi connectivity index (χ4v) is 5.61. The molecule has 34 heavy (non-hydrogen) atoms. The van der Waals surface area contributed by atoms with Crippen molar-refractivity contribution in [3.63, 3.8) is 0 Å². The lowest BCUT2D eigenvalue weighted by Crippen LogP contribution is -2.35. The smallest absolute Gasteiger partial charge is 0.232 e. The number of nitrogens with one attached hydrogen (secondary N) is 1. The van der Waals surface area contributed by atoms with Crippen molar-refractivity contribution < 1.29 is 13.2 Å². The molecule has 0 bridgehead atoms. The molecule has 3 aromatic carbocycles. The van der Waals surface area contributed by atoms with Gasteiger partial charge in [0.05, 0.1) is 10.8 Å². The fraction of sp³-hybridized carbons (Fsp3) is 0.111. The molecular weight excluding hydrogens is 468 g/mol. The lowest BCUT2D eigenvalue weighted by Gasteiger charge is -2.22. The Hall–Kier alpha value is -3.48. The number of hydrogen-bond donors (Lipinski definition) is 1. The normalized spacial score (nSPS) is 12.3. The number of benzene rings is 3. The number of hydrogen-bond acceptors (Lipinski definition) is 4. The Morgan fingerprint density at radius 2 is 1.35 bits per heavy atom. The van der Waals surface area contributed by atoms with E-state index in [2.05, 4.69) is 10.3 Å². The van der Waals surface area contributed by atoms with Crippen LogP contribution >= 0.6 is 11.6 Å². The van der Waals surface area contributed by atoms with E-state index in [0.717, 1.165) is 11.1 Å². The first-order chi connectivity index (χ1) is 16.5. The molecule has 1 amide bonds. The molecule has 4 aromatic rings. The molecule has 4 rings (SSSR count). The van der Waals surface area contributed by atoms with Gasteiger partial charge >= 0.3 is 0 Å². The summed E-state index contributed by atoms with van der Waals surface area (Å²) in [6.07, 6.45) is 3.09. The van der Waals surface area contributed by atoms with Crippen LogP contribution < -0.4 is 5.32 Å². The zero-order chi connectivity index (χ0) is 24.0. The summed E-state index contributed by atoms with van der Waals surface area (Å²) in [7, 11) is -3.83. The number of pyridine rings is 1. The summed E-state index contributed by atoms with van der Waals surface area (Å²) >= 11 is 5.95. The minimum atomic E-state index is -3.83. The molecule has 0 saturated heterocycles. The molecule has 1 N–H and O–H groups in total.